The van der Waals surface area contributed by atoms with Crippen molar-refractivity contribution in [2.24, 2.45) is 0 Å². The quantitative estimate of drug-likeness (QED) is 0.313. The molecule has 0 spiro atoms. The molecule has 0 aliphatic rings. The van der Waals surface area contributed by atoms with Crippen molar-refractivity contribution >= 4 is 11.7 Å². The van der Waals surface area contributed by atoms with E-state index in [-0.39, 0.29) is 12.3 Å². The van der Waals surface area contributed by atoms with Gasteiger partial charge in [-0.05, 0) is 18.6 Å². The van der Waals surface area contributed by atoms with E-state index in [0.717, 1.165) is 12.8 Å². The minimum atomic E-state index is -0.517. The largest absolute Gasteiger partial charge is 0.460 e. The standard InChI is InChI=1S/C13H17NO5/c1-2-3-8-18-9-10-19-13(15)11-4-6-12(7-5-11)14(16)17/h4-7H,2-3,8-10H2,1H3. The second-order valence-corrected chi connectivity index (χ2v) is 3.91. The van der Waals surface area contributed by atoms with E-state index in [1.807, 2.05) is 0 Å². The Labute approximate surface area is 111 Å². The number of unbranched alkanes of at least 4 members (excludes halogenated alkanes) is 1. The summed E-state index contributed by atoms with van der Waals surface area (Å²) in [6.07, 6.45) is 2.04. The summed E-state index contributed by atoms with van der Waals surface area (Å²) in [7, 11) is 0. The van der Waals surface area contributed by atoms with Crippen molar-refractivity contribution in [1.29, 1.82) is 0 Å². The number of nitrogens with zero attached hydrogens (tertiary/aromatic N) is 1. The highest BCUT2D eigenvalue weighted by atomic mass is 16.6. The van der Waals surface area contributed by atoms with Gasteiger partial charge in [-0.15, -0.1) is 0 Å². The van der Waals surface area contributed by atoms with Crippen LogP contribution in [-0.4, -0.2) is 30.7 Å². The number of hydrogen-bond donors (Lipinski definition) is 0. The summed E-state index contributed by atoms with van der Waals surface area (Å²) in [4.78, 5) is 21.5. The highest BCUT2D eigenvalue weighted by Gasteiger charge is 2.10. The topological polar surface area (TPSA) is 78.7 Å². The molecule has 6 nitrogen and oxygen atoms in total. The summed E-state index contributed by atoms with van der Waals surface area (Å²) in [6.45, 7) is 3.27. The number of carbonyl (C=O) groups excluding carboxylic acids is 1. The van der Waals surface area contributed by atoms with Gasteiger partial charge < -0.3 is 9.47 Å². The first-order valence-corrected chi connectivity index (χ1v) is 6.14. The molecule has 0 fully saturated rings. The molecule has 19 heavy (non-hydrogen) atoms. The number of hydrogen-bond acceptors (Lipinski definition) is 5. The maximum absolute atomic E-state index is 11.6. The number of non-ortho nitro benzene ring substituents is 1. The Hall–Kier alpha value is -1.95. The summed E-state index contributed by atoms with van der Waals surface area (Å²) in [5.41, 5.74) is 0.235. The molecule has 0 aliphatic heterocycles. The van der Waals surface area contributed by atoms with Gasteiger partial charge in [-0.3, -0.25) is 10.1 Å². The van der Waals surface area contributed by atoms with Crippen molar-refractivity contribution in [3.63, 3.8) is 0 Å². The predicted molar refractivity (Wildman–Crippen MR) is 69.1 cm³/mol. The number of rotatable bonds is 8. The van der Waals surface area contributed by atoms with Gasteiger partial charge in [0.15, 0.2) is 0 Å². The molecule has 104 valence electrons. The lowest BCUT2D eigenvalue weighted by atomic mass is 10.2. The number of ether oxygens (including phenoxy) is 2. The van der Waals surface area contributed by atoms with Gasteiger partial charge in [-0.2, -0.15) is 0 Å². The van der Waals surface area contributed by atoms with Crippen LogP contribution in [0.4, 0.5) is 5.69 Å². The highest BCUT2D eigenvalue weighted by molar-refractivity contribution is 5.89. The van der Waals surface area contributed by atoms with Gasteiger partial charge >= 0.3 is 5.97 Å². The zero-order chi connectivity index (χ0) is 14.1. The van der Waals surface area contributed by atoms with Gasteiger partial charge in [-0.1, -0.05) is 13.3 Å². The predicted octanol–water partition coefficient (Wildman–Crippen LogP) is 2.57. The second-order valence-electron chi connectivity index (χ2n) is 3.91. The van der Waals surface area contributed by atoms with E-state index in [4.69, 9.17) is 9.47 Å². The molecule has 0 atom stereocenters. The summed E-state index contributed by atoms with van der Waals surface area (Å²) in [6, 6.07) is 5.29. The second kappa shape index (κ2) is 8.20. The third-order valence-corrected chi connectivity index (χ3v) is 2.42. The van der Waals surface area contributed by atoms with Crippen molar-refractivity contribution in [2.45, 2.75) is 19.8 Å². The average molecular weight is 267 g/mol. The summed E-state index contributed by atoms with van der Waals surface area (Å²) in [5.74, 6) is -0.506. The van der Waals surface area contributed by atoms with E-state index in [2.05, 4.69) is 6.92 Å². The van der Waals surface area contributed by atoms with Gasteiger partial charge in [0, 0.05) is 18.7 Å². The third-order valence-electron chi connectivity index (χ3n) is 2.42. The van der Waals surface area contributed by atoms with Crippen LogP contribution < -0.4 is 0 Å². The number of carbonyl (C=O) groups is 1. The Morgan fingerprint density at radius 1 is 1.21 bits per heavy atom. The molecule has 0 amide bonds. The van der Waals surface area contributed by atoms with E-state index in [1.165, 1.54) is 24.3 Å². The Morgan fingerprint density at radius 2 is 1.89 bits per heavy atom. The van der Waals surface area contributed by atoms with E-state index in [0.29, 0.717) is 18.8 Å². The van der Waals surface area contributed by atoms with Gasteiger partial charge in [0.25, 0.3) is 5.69 Å². The molecule has 0 unspecified atom stereocenters. The molecule has 6 heteroatoms. The first kappa shape index (κ1) is 15.1. The molecule has 0 bridgehead atoms. The van der Waals surface area contributed by atoms with Crippen molar-refractivity contribution in [2.75, 3.05) is 19.8 Å². The van der Waals surface area contributed by atoms with Gasteiger partial charge in [0.2, 0.25) is 0 Å². The normalized spacial score (nSPS) is 10.2. The van der Waals surface area contributed by atoms with Crippen molar-refractivity contribution in [1.82, 2.24) is 0 Å². The number of nitro groups is 1. The fraction of sp³-hybridized carbons (Fsp3) is 0.462. The van der Waals surface area contributed by atoms with Crippen LogP contribution in [0.3, 0.4) is 0 Å². The van der Waals surface area contributed by atoms with Crippen LogP contribution in [0.15, 0.2) is 24.3 Å². The van der Waals surface area contributed by atoms with Crippen LogP contribution in [0.5, 0.6) is 0 Å². The zero-order valence-corrected chi connectivity index (χ0v) is 10.8. The van der Waals surface area contributed by atoms with Crippen molar-refractivity contribution in [3.05, 3.63) is 39.9 Å². The lowest BCUT2D eigenvalue weighted by Crippen LogP contribution is -2.11. The van der Waals surface area contributed by atoms with E-state index in [9.17, 15) is 14.9 Å². The summed E-state index contributed by atoms with van der Waals surface area (Å²) >= 11 is 0. The van der Waals surface area contributed by atoms with Crippen molar-refractivity contribution < 1.29 is 19.2 Å². The molecule has 0 N–H and O–H groups in total. The average Bonchev–Trinajstić information content (AvgIpc) is 2.42. The molecule has 0 heterocycles. The first-order chi connectivity index (χ1) is 9.15. The Morgan fingerprint density at radius 3 is 2.47 bits per heavy atom. The minimum absolute atomic E-state index is 0.0561. The van der Waals surface area contributed by atoms with Gasteiger partial charge in [0.1, 0.15) is 6.61 Å². The molecule has 1 aromatic carbocycles. The van der Waals surface area contributed by atoms with Crippen LogP contribution in [0.2, 0.25) is 0 Å². The lowest BCUT2D eigenvalue weighted by molar-refractivity contribution is -0.384. The van der Waals surface area contributed by atoms with Gasteiger partial charge in [0.05, 0.1) is 17.1 Å². The minimum Gasteiger partial charge on any atom is -0.460 e. The SMILES string of the molecule is CCCCOCCOC(=O)c1ccc([N+](=O)[O-])cc1. The molecule has 0 aliphatic carbocycles. The fourth-order valence-corrected chi connectivity index (χ4v) is 1.34. The molecular weight excluding hydrogens is 250 g/mol. The Kier molecular flexibility index (Phi) is 6.52. The molecule has 0 saturated heterocycles. The number of nitro benzene ring substituents is 1. The van der Waals surface area contributed by atoms with E-state index >= 15 is 0 Å². The van der Waals surface area contributed by atoms with Gasteiger partial charge in [-0.25, -0.2) is 4.79 Å². The summed E-state index contributed by atoms with van der Waals surface area (Å²) in [5, 5.41) is 10.5. The monoisotopic (exact) mass is 267 g/mol. The Balaban J connectivity index is 2.31. The highest BCUT2D eigenvalue weighted by Crippen LogP contribution is 2.12. The molecule has 0 radical (unpaired) electrons. The van der Waals surface area contributed by atoms with E-state index in [1.54, 1.807) is 0 Å². The first-order valence-electron chi connectivity index (χ1n) is 6.14. The van der Waals surface area contributed by atoms with Crippen LogP contribution in [0.25, 0.3) is 0 Å². The molecule has 0 aromatic heterocycles. The maximum atomic E-state index is 11.6. The summed E-state index contributed by atoms with van der Waals surface area (Å²) < 4.78 is 10.2. The van der Waals surface area contributed by atoms with Crippen LogP contribution in [-0.2, 0) is 9.47 Å². The third kappa shape index (κ3) is 5.48. The molecular formula is C13H17NO5. The van der Waals surface area contributed by atoms with Crippen molar-refractivity contribution in [3.8, 4) is 0 Å². The Bertz CT molecular complexity index is 416. The molecule has 0 saturated carbocycles. The van der Waals surface area contributed by atoms with Crippen LogP contribution >= 0.6 is 0 Å². The number of esters is 1. The lowest BCUT2D eigenvalue weighted by Gasteiger charge is -2.05. The van der Waals surface area contributed by atoms with Crippen LogP contribution in [0, 0.1) is 10.1 Å². The zero-order valence-electron chi connectivity index (χ0n) is 10.8. The number of benzene rings is 1. The van der Waals surface area contributed by atoms with E-state index < -0.39 is 10.9 Å². The van der Waals surface area contributed by atoms with Crippen LogP contribution in [0.1, 0.15) is 30.1 Å². The molecule has 1 aromatic rings. The fourth-order valence-electron chi connectivity index (χ4n) is 1.34. The smallest absolute Gasteiger partial charge is 0.338 e. The molecule has 1 rings (SSSR count). The maximum Gasteiger partial charge on any atom is 0.338 e.